The lowest BCUT2D eigenvalue weighted by molar-refractivity contribution is -0.149. The van der Waals surface area contributed by atoms with Crippen LogP contribution in [-0.4, -0.2) is 37.4 Å². The van der Waals surface area contributed by atoms with Crippen molar-refractivity contribution in [3.8, 4) is 0 Å². The van der Waals surface area contributed by atoms with Crippen molar-refractivity contribution in [3.63, 3.8) is 0 Å². The van der Waals surface area contributed by atoms with Crippen LogP contribution in [0.25, 0.3) is 0 Å². The van der Waals surface area contributed by atoms with Crippen LogP contribution in [0.15, 0.2) is 0 Å². The third-order valence-electron chi connectivity index (χ3n) is 3.66. The first-order valence-electron chi connectivity index (χ1n) is 7.37. The molecule has 1 aliphatic rings. The number of methoxy groups -OCH3 is 1. The van der Waals surface area contributed by atoms with Crippen LogP contribution in [0.5, 0.6) is 0 Å². The van der Waals surface area contributed by atoms with Gasteiger partial charge < -0.3 is 9.47 Å². The van der Waals surface area contributed by atoms with Gasteiger partial charge in [-0.3, -0.25) is 10.1 Å². The van der Waals surface area contributed by atoms with Gasteiger partial charge in [-0.15, -0.1) is 0 Å². The van der Waals surface area contributed by atoms with E-state index in [4.69, 9.17) is 9.47 Å². The normalized spacial score (nSPS) is 27.2. The Morgan fingerprint density at radius 1 is 1.37 bits per heavy atom. The summed E-state index contributed by atoms with van der Waals surface area (Å²) in [5.74, 6) is 0.497. The van der Waals surface area contributed by atoms with Crippen molar-refractivity contribution in [2.45, 2.75) is 71.1 Å². The van der Waals surface area contributed by atoms with Crippen LogP contribution >= 0.6 is 0 Å². The molecule has 0 saturated heterocycles. The number of rotatable bonds is 7. The van der Waals surface area contributed by atoms with Crippen molar-refractivity contribution in [1.29, 1.82) is 0 Å². The summed E-state index contributed by atoms with van der Waals surface area (Å²) >= 11 is 0. The highest BCUT2D eigenvalue weighted by Gasteiger charge is 2.46. The van der Waals surface area contributed by atoms with E-state index in [1.165, 1.54) is 7.11 Å². The summed E-state index contributed by atoms with van der Waals surface area (Å²) in [6.45, 7) is 9.27. The zero-order chi connectivity index (χ0) is 14.5. The Bertz CT molecular complexity index is 291. The van der Waals surface area contributed by atoms with E-state index < -0.39 is 5.54 Å². The van der Waals surface area contributed by atoms with Gasteiger partial charge in [0.2, 0.25) is 0 Å². The predicted octanol–water partition coefficient (Wildman–Crippen LogP) is 2.51. The third-order valence-corrected chi connectivity index (χ3v) is 3.66. The van der Waals surface area contributed by atoms with E-state index >= 15 is 0 Å². The van der Waals surface area contributed by atoms with Gasteiger partial charge in [-0.05, 0) is 39.0 Å². The molecular weight excluding hydrogens is 242 g/mol. The first-order chi connectivity index (χ1) is 8.89. The Morgan fingerprint density at radius 2 is 2.05 bits per heavy atom. The summed E-state index contributed by atoms with van der Waals surface area (Å²) in [6, 6.07) is 0.258. The second kappa shape index (κ2) is 7.25. The first kappa shape index (κ1) is 16.4. The minimum Gasteiger partial charge on any atom is -0.468 e. The minimum atomic E-state index is -0.550. The number of carbonyl (C=O) groups excluding carboxylic acids is 1. The highest BCUT2D eigenvalue weighted by atomic mass is 16.5. The molecule has 2 atom stereocenters. The lowest BCUT2D eigenvalue weighted by atomic mass is 9.96. The molecule has 0 radical (unpaired) electrons. The maximum Gasteiger partial charge on any atom is 0.326 e. The predicted molar refractivity (Wildman–Crippen MR) is 76.1 cm³/mol. The molecule has 1 fully saturated rings. The summed E-state index contributed by atoms with van der Waals surface area (Å²) < 4.78 is 10.9. The second-order valence-electron chi connectivity index (χ2n) is 6.29. The van der Waals surface area contributed by atoms with Gasteiger partial charge in [-0.1, -0.05) is 13.8 Å². The van der Waals surface area contributed by atoms with E-state index in [2.05, 4.69) is 33.0 Å². The van der Waals surface area contributed by atoms with Gasteiger partial charge in [0.25, 0.3) is 0 Å². The summed E-state index contributed by atoms with van der Waals surface area (Å²) in [6.07, 6.45) is 3.68. The highest BCUT2D eigenvalue weighted by Crippen LogP contribution is 2.33. The van der Waals surface area contributed by atoms with Gasteiger partial charge >= 0.3 is 5.97 Å². The Labute approximate surface area is 117 Å². The Hall–Kier alpha value is -0.610. The van der Waals surface area contributed by atoms with E-state index in [9.17, 15) is 4.79 Å². The topological polar surface area (TPSA) is 47.6 Å². The van der Waals surface area contributed by atoms with E-state index in [1.54, 1.807) is 0 Å². The molecule has 1 rings (SSSR count). The maximum absolute atomic E-state index is 12.1. The van der Waals surface area contributed by atoms with Gasteiger partial charge in [-0.25, -0.2) is 0 Å². The van der Waals surface area contributed by atoms with E-state index in [0.717, 1.165) is 32.3 Å². The number of ether oxygens (including phenoxy) is 2. The van der Waals surface area contributed by atoms with Crippen molar-refractivity contribution >= 4 is 5.97 Å². The van der Waals surface area contributed by atoms with Crippen LogP contribution in [0.4, 0.5) is 0 Å². The van der Waals surface area contributed by atoms with Gasteiger partial charge in [0, 0.05) is 19.1 Å². The third kappa shape index (κ3) is 4.77. The SMILES string of the molecule is COC(=O)C1(NC(C)C)CCC(OCCC(C)C)C1. The summed E-state index contributed by atoms with van der Waals surface area (Å²) in [5, 5.41) is 3.38. The molecular formula is C15H29NO3. The maximum atomic E-state index is 12.1. The molecule has 0 aromatic rings. The summed E-state index contributed by atoms with van der Waals surface area (Å²) in [5.41, 5.74) is -0.550. The summed E-state index contributed by atoms with van der Waals surface area (Å²) in [4.78, 5) is 12.1. The van der Waals surface area contributed by atoms with Crippen LogP contribution in [-0.2, 0) is 14.3 Å². The molecule has 2 unspecified atom stereocenters. The molecule has 0 amide bonds. The molecule has 0 bridgehead atoms. The average molecular weight is 271 g/mol. The molecule has 19 heavy (non-hydrogen) atoms. The van der Waals surface area contributed by atoms with E-state index in [-0.39, 0.29) is 18.1 Å². The summed E-state index contributed by atoms with van der Waals surface area (Å²) in [7, 11) is 1.46. The van der Waals surface area contributed by atoms with Crippen molar-refractivity contribution in [2.75, 3.05) is 13.7 Å². The molecule has 4 heteroatoms. The molecule has 0 spiro atoms. The van der Waals surface area contributed by atoms with Crippen molar-refractivity contribution in [3.05, 3.63) is 0 Å². The number of hydrogen-bond donors (Lipinski definition) is 1. The molecule has 0 aromatic carbocycles. The van der Waals surface area contributed by atoms with Gasteiger partial charge in [0.05, 0.1) is 13.2 Å². The van der Waals surface area contributed by atoms with Gasteiger partial charge in [-0.2, -0.15) is 0 Å². The smallest absolute Gasteiger partial charge is 0.326 e. The standard InChI is InChI=1S/C15H29NO3/c1-11(2)7-9-19-13-6-8-15(10-13,14(17)18-5)16-12(3)4/h11-13,16H,6-10H2,1-5H3. The van der Waals surface area contributed by atoms with Gasteiger partial charge in [0.15, 0.2) is 0 Å². The molecule has 0 heterocycles. The lowest BCUT2D eigenvalue weighted by Crippen LogP contribution is -2.53. The molecule has 1 saturated carbocycles. The number of carbonyl (C=O) groups is 1. The Morgan fingerprint density at radius 3 is 2.58 bits per heavy atom. The molecule has 4 nitrogen and oxygen atoms in total. The van der Waals surface area contributed by atoms with Crippen LogP contribution in [0.1, 0.15) is 53.4 Å². The van der Waals surface area contributed by atoms with Crippen LogP contribution in [0.2, 0.25) is 0 Å². The minimum absolute atomic E-state index is 0.156. The Balaban J connectivity index is 2.54. The zero-order valence-corrected chi connectivity index (χ0v) is 13.0. The molecule has 1 aliphatic carbocycles. The lowest BCUT2D eigenvalue weighted by Gasteiger charge is -2.30. The van der Waals surface area contributed by atoms with Gasteiger partial charge in [0.1, 0.15) is 5.54 Å². The molecule has 1 N–H and O–H groups in total. The van der Waals surface area contributed by atoms with Crippen molar-refractivity contribution in [2.24, 2.45) is 5.92 Å². The second-order valence-corrected chi connectivity index (χ2v) is 6.29. The largest absolute Gasteiger partial charge is 0.468 e. The quantitative estimate of drug-likeness (QED) is 0.723. The molecule has 112 valence electrons. The van der Waals surface area contributed by atoms with Crippen LogP contribution in [0, 0.1) is 5.92 Å². The zero-order valence-electron chi connectivity index (χ0n) is 13.0. The number of esters is 1. The van der Waals surface area contributed by atoms with E-state index in [0.29, 0.717) is 5.92 Å². The van der Waals surface area contributed by atoms with Crippen molar-refractivity contribution < 1.29 is 14.3 Å². The first-order valence-corrected chi connectivity index (χ1v) is 7.37. The van der Waals surface area contributed by atoms with Crippen molar-refractivity contribution in [1.82, 2.24) is 5.32 Å². The number of nitrogens with one attached hydrogen (secondary N) is 1. The fourth-order valence-electron chi connectivity index (χ4n) is 2.74. The van der Waals surface area contributed by atoms with Crippen LogP contribution in [0.3, 0.4) is 0 Å². The molecule has 0 aromatic heterocycles. The monoisotopic (exact) mass is 271 g/mol. The van der Waals surface area contributed by atoms with E-state index in [1.807, 2.05) is 0 Å². The fourth-order valence-corrected chi connectivity index (χ4v) is 2.74. The molecule has 0 aliphatic heterocycles. The average Bonchev–Trinajstić information content (AvgIpc) is 2.71. The van der Waals surface area contributed by atoms with Crippen LogP contribution < -0.4 is 5.32 Å². The Kier molecular flexibility index (Phi) is 6.27. The number of hydrogen-bond acceptors (Lipinski definition) is 4. The fraction of sp³-hybridized carbons (Fsp3) is 0.933. The highest BCUT2D eigenvalue weighted by molar-refractivity contribution is 5.81.